The van der Waals surface area contributed by atoms with Crippen molar-refractivity contribution in [3.63, 3.8) is 0 Å². The second kappa shape index (κ2) is 6.87. The van der Waals surface area contributed by atoms with Crippen LogP contribution in [0.2, 0.25) is 0 Å². The fourth-order valence-electron chi connectivity index (χ4n) is 1.92. The minimum absolute atomic E-state index is 0.00901. The van der Waals surface area contributed by atoms with Crippen molar-refractivity contribution in [1.29, 1.82) is 0 Å². The van der Waals surface area contributed by atoms with Crippen molar-refractivity contribution >= 4 is 16.0 Å². The minimum Gasteiger partial charge on any atom is -0.453 e. The van der Waals surface area contributed by atoms with Crippen molar-refractivity contribution in [2.45, 2.75) is 31.4 Å². The van der Waals surface area contributed by atoms with Gasteiger partial charge in [0.25, 0.3) is 0 Å². The maximum absolute atomic E-state index is 12.1. The highest BCUT2D eigenvalue weighted by atomic mass is 32.2. The first-order valence-corrected chi connectivity index (χ1v) is 8.39. The fourth-order valence-corrected chi connectivity index (χ4v) is 2.72. The summed E-state index contributed by atoms with van der Waals surface area (Å²) in [7, 11) is -0.759. The molecule has 126 valence electrons. The number of nitrogens with zero attached hydrogens (tertiary/aromatic N) is 5. The molecule has 11 heteroatoms. The lowest BCUT2D eigenvalue weighted by molar-refractivity contribution is 0.0445. The zero-order valence-corrected chi connectivity index (χ0v) is 13.9. The number of hydrogen-bond acceptors (Lipinski definition) is 7. The highest BCUT2D eigenvalue weighted by molar-refractivity contribution is 7.89. The van der Waals surface area contributed by atoms with Crippen LogP contribution >= 0.6 is 0 Å². The molecule has 0 aliphatic carbocycles. The molecular weight excluding hydrogens is 324 g/mol. The van der Waals surface area contributed by atoms with Gasteiger partial charge in [-0.15, -0.1) is 5.10 Å². The quantitative estimate of drug-likeness (QED) is 0.685. The molecule has 0 saturated carbocycles. The van der Waals surface area contributed by atoms with E-state index in [4.69, 9.17) is 4.74 Å². The van der Waals surface area contributed by atoms with E-state index < -0.39 is 16.0 Å². The van der Waals surface area contributed by atoms with E-state index >= 15 is 0 Å². The summed E-state index contributed by atoms with van der Waals surface area (Å²) >= 11 is 0. The number of tetrazole rings is 1. The van der Waals surface area contributed by atoms with Crippen LogP contribution in [0.25, 0.3) is 0 Å². The summed E-state index contributed by atoms with van der Waals surface area (Å²) in [5, 5.41) is 11.1. The largest absolute Gasteiger partial charge is 0.453 e. The van der Waals surface area contributed by atoms with Crippen LogP contribution in [-0.4, -0.2) is 46.2 Å². The molecule has 0 aliphatic rings. The Morgan fingerprint density at radius 2 is 2.17 bits per heavy atom. The minimum atomic E-state index is -3.62. The van der Waals surface area contributed by atoms with Crippen molar-refractivity contribution < 1.29 is 17.9 Å². The molecule has 2 aromatic heterocycles. The lowest BCUT2D eigenvalue weighted by atomic mass is 10.4. The third-order valence-corrected chi connectivity index (χ3v) is 4.52. The molecule has 0 radical (unpaired) electrons. The standard InChI is InChI=1S/C12H18N6O4S/c1-4-5-18-11(14-15-16-18)8-22-12(19)10-6-9(7-17(10)3)23(20,21)13-2/h6-7,13H,4-5,8H2,1-3H3. The average Bonchev–Trinajstić information content (AvgIpc) is 3.12. The normalized spacial score (nSPS) is 11.6. The highest BCUT2D eigenvalue weighted by Gasteiger charge is 2.20. The van der Waals surface area contributed by atoms with Crippen LogP contribution in [0.15, 0.2) is 17.2 Å². The van der Waals surface area contributed by atoms with Crippen LogP contribution in [0.5, 0.6) is 0 Å². The van der Waals surface area contributed by atoms with Crippen LogP contribution in [0.4, 0.5) is 0 Å². The smallest absolute Gasteiger partial charge is 0.355 e. The van der Waals surface area contributed by atoms with E-state index in [0.29, 0.717) is 12.4 Å². The summed E-state index contributed by atoms with van der Waals surface area (Å²) < 4.78 is 33.8. The third kappa shape index (κ3) is 3.74. The predicted molar refractivity (Wildman–Crippen MR) is 78.9 cm³/mol. The van der Waals surface area contributed by atoms with Crippen molar-refractivity contribution in [2.75, 3.05) is 7.05 Å². The summed E-state index contributed by atoms with van der Waals surface area (Å²) in [5.74, 6) is -0.228. The van der Waals surface area contributed by atoms with Gasteiger partial charge in [0.1, 0.15) is 10.6 Å². The molecule has 0 spiro atoms. The Bertz CT molecular complexity index is 794. The van der Waals surface area contributed by atoms with Gasteiger partial charge in [-0.3, -0.25) is 0 Å². The summed E-state index contributed by atoms with van der Waals surface area (Å²) in [5.41, 5.74) is 0.119. The number of hydrogen-bond donors (Lipinski definition) is 1. The first-order valence-electron chi connectivity index (χ1n) is 6.91. The number of ether oxygens (including phenoxy) is 1. The molecule has 23 heavy (non-hydrogen) atoms. The topological polar surface area (TPSA) is 121 Å². The zero-order valence-electron chi connectivity index (χ0n) is 13.1. The second-order valence-corrected chi connectivity index (χ2v) is 6.66. The average molecular weight is 342 g/mol. The lowest BCUT2D eigenvalue weighted by Crippen LogP contribution is -2.17. The highest BCUT2D eigenvalue weighted by Crippen LogP contribution is 2.14. The molecule has 2 heterocycles. The number of carbonyl (C=O) groups is 1. The summed E-state index contributed by atoms with van der Waals surface area (Å²) in [4.78, 5) is 12.1. The first kappa shape index (κ1) is 17.1. The molecule has 0 aliphatic heterocycles. The Morgan fingerprint density at radius 1 is 1.43 bits per heavy atom. The van der Waals surface area contributed by atoms with E-state index in [1.165, 1.54) is 23.9 Å². The molecule has 0 saturated heterocycles. The molecule has 1 N–H and O–H groups in total. The Balaban J connectivity index is 2.11. The van der Waals surface area contributed by atoms with Gasteiger partial charge in [-0.2, -0.15) is 0 Å². The van der Waals surface area contributed by atoms with Gasteiger partial charge in [-0.05, 0) is 30.0 Å². The van der Waals surface area contributed by atoms with Crippen LogP contribution in [0.3, 0.4) is 0 Å². The van der Waals surface area contributed by atoms with Crippen molar-refractivity contribution in [3.8, 4) is 0 Å². The van der Waals surface area contributed by atoms with Gasteiger partial charge < -0.3 is 9.30 Å². The number of rotatable bonds is 7. The van der Waals surface area contributed by atoms with Crippen molar-refractivity contribution in [2.24, 2.45) is 7.05 Å². The van der Waals surface area contributed by atoms with Crippen molar-refractivity contribution in [3.05, 3.63) is 23.8 Å². The van der Waals surface area contributed by atoms with E-state index in [0.717, 1.165) is 6.42 Å². The Kier molecular flexibility index (Phi) is 5.11. The van der Waals surface area contributed by atoms with Crippen LogP contribution in [0, 0.1) is 0 Å². The van der Waals surface area contributed by atoms with Crippen molar-refractivity contribution in [1.82, 2.24) is 29.5 Å². The van der Waals surface area contributed by atoms with Gasteiger partial charge in [-0.1, -0.05) is 6.92 Å². The Hall–Kier alpha value is -2.27. The molecule has 0 atom stereocenters. The van der Waals surface area contributed by atoms with E-state index in [2.05, 4.69) is 20.2 Å². The van der Waals surface area contributed by atoms with Gasteiger partial charge in [0, 0.05) is 19.8 Å². The number of carbonyl (C=O) groups excluding carboxylic acids is 1. The lowest BCUT2D eigenvalue weighted by Gasteiger charge is -2.05. The van der Waals surface area contributed by atoms with Crippen LogP contribution in [0.1, 0.15) is 29.7 Å². The molecule has 0 bridgehead atoms. The molecule has 10 nitrogen and oxygen atoms in total. The number of aromatic nitrogens is 5. The monoisotopic (exact) mass is 342 g/mol. The molecule has 0 aromatic carbocycles. The van der Waals surface area contributed by atoms with Gasteiger partial charge in [0.2, 0.25) is 10.0 Å². The van der Waals surface area contributed by atoms with Crippen LogP contribution in [-0.2, 0) is 35.0 Å². The van der Waals surface area contributed by atoms with E-state index in [1.807, 2.05) is 6.92 Å². The fraction of sp³-hybridized carbons (Fsp3) is 0.500. The predicted octanol–water partition coefficient (Wildman–Crippen LogP) is -0.313. The maximum atomic E-state index is 12.1. The Labute approximate surface area is 133 Å². The molecule has 0 unspecified atom stereocenters. The molecule has 0 amide bonds. The molecular formula is C12H18N6O4S. The molecule has 2 aromatic rings. The van der Waals surface area contributed by atoms with Gasteiger partial charge in [0.15, 0.2) is 12.4 Å². The van der Waals surface area contributed by atoms with Gasteiger partial charge in [0.05, 0.1) is 0 Å². The van der Waals surface area contributed by atoms with E-state index in [1.54, 1.807) is 11.7 Å². The number of esters is 1. The van der Waals surface area contributed by atoms with E-state index in [9.17, 15) is 13.2 Å². The summed E-state index contributed by atoms with van der Waals surface area (Å²) in [6.45, 7) is 2.50. The first-order chi connectivity index (χ1) is 10.9. The SMILES string of the molecule is CCCn1nnnc1COC(=O)c1cc(S(=O)(=O)NC)cn1C. The summed E-state index contributed by atoms with van der Waals surface area (Å²) in [6.07, 6.45) is 2.18. The molecule has 2 rings (SSSR count). The number of sulfonamides is 1. The summed E-state index contributed by atoms with van der Waals surface area (Å²) in [6, 6.07) is 1.25. The maximum Gasteiger partial charge on any atom is 0.355 e. The third-order valence-electron chi connectivity index (χ3n) is 3.14. The second-order valence-electron chi connectivity index (χ2n) is 4.77. The number of nitrogens with one attached hydrogen (secondary N) is 1. The molecule has 0 fully saturated rings. The van der Waals surface area contributed by atoms with Crippen LogP contribution < -0.4 is 4.72 Å². The van der Waals surface area contributed by atoms with E-state index in [-0.39, 0.29) is 17.2 Å². The van der Waals surface area contributed by atoms with Gasteiger partial charge >= 0.3 is 5.97 Å². The Morgan fingerprint density at radius 3 is 2.83 bits per heavy atom. The van der Waals surface area contributed by atoms with Gasteiger partial charge in [-0.25, -0.2) is 22.6 Å². The number of aryl methyl sites for hydroxylation is 2. The zero-order chi connectivity index (χ0) is 17.0.